The number of likely N-dealkylation sites (N-methyl/N-ethyl adjacent to an activating group) is 1. The number of nitrogens with one attached hydrogen (secondary N) is 3. The second kappa shape index (κ2) is 8.84. The van der Waals surface area contributed by atoms with Crippen molar-refractivity contribution in [1.82, 2.24) is 10.6 Å². The van der Waals surface area contributed by atoms with Crippen LogP contribution in [-0.2, 0) is 20.9 Å². The number of amides is 3. The van der Waals surface area contributed by atoms with Gasteiger partial charge < -0.3 is 20.4 Å². The zero-order valence-electron chi connectivity index (χ0n) is 13.9. The largest absolute Gasteiger partial charge is 0.460 e. The fourth-order valence-electron chi connectivity index (χ4n) is 1.95. The second-order valence-electron chi connectivity index (χ2n) is 5.06. The number of para-hydroxylation sites is 1. The molecular formula is C18H16N4O4. The molecule has 8 heteroatoms. The Hall–Kier alpha value is -3.86. The second-order valence-corrected chi connectivity index (χ2v) is 5.06. The molecule has 0 aliphatic carbocycles. The number of hydrogen-bond acceptors (Lipinski definition) is 5. The highest BCUT2D eigenvalue weighted by Gasteiger charge is 2.14. The fourth-order valence-corrected chi connectivity index (χ4v) is 1.95. The maximum absolute atomic E-state index is 11.8. The van der Waals surface area contributed by atoms with E-state index in [0.29, 0.717) is 11.4 Å². The summed E-state index contributed by atoms with van der Waals surface area (Å²) in [4.78, 5) is 35.0. The molecule has 0 atom stereocenters. The highest BCUT2D eigenvalue weighted by atomic mass is 16.3. The standard InChI is InChI=1S/C18H16N4O4/c1-20-16(23)12(10-19)9-14-7-8-15(26-14)11-21-17(24)18(25)22-13-5-3-2-4-6-13/h2-9H,11H2,1H3,(H,20,23)(H,21,24)(H,22,25)/b12-9-. The Morgan fingerprint density at radius 2 is 1.81 bits per heavy atom. The number of carbonyl (C=O) groups excluding carboxylic acids is 3. The minimum absolute atomic E-state index is 0.0171. The van der Waals surface area contributed by atoms with Crippen molar-refractivity contribution >= 4 is 29.5 Å². The monoisotopic (exact) mass is 352 g/mol. The highest BCUT2D eigenvalue weighted by Crippen LogP contribution is 2.12. The Morgan fingerprint density at radius 1 is 1.08 bits per heavy atom. The van der Waals surface area contributed by atoms with Gasteiger partial charge in [0, 0.05) is 18.8 Å². The number of benzene rings is 1. The van der Waals surface area contributed by atoms with Crippen molar-refractivity contribution in [3.63, 3.8) is 0 Å². The van der Waals surface area contributed by atoms with Crippen molar-refractivity contribution in [2.45, 2.75) is 6.54 Å². The van der Waals surface area contributed by atoms with Crippen LogP contribution >= 0.6 is 0 Å². The third-order valence-electron chi connectivity index (χ3n) is 3.22. The smallest absolute Gasteiger partial charge is 0.313 e. The molecule has 26 heavy (non-hydrogen) atoms. The van der Waals surface area contributed by atoms with Crippen LogP contribution in [0, 0.1) is 11.3 Å². The molecular weight excluding hydrogens is 336 g/mol. The van der Waals surface area contributed by atoms with E-state index in [2.05, 4.69) is 16.0 Å². The lowest BCUT2D eigenvalue weighted by Gasteiger charge is -2.05. The van der Waals surface area contributed by atoms with E-state index in [-0.39, 0.29) is 17.9 Å². The molecule has 0 saturated heterocycles. The van der Waals surface area contributed by atoms with Crippen molar-refractivity contribution in [2.24, 2.45) is 0 Å². The van der Waals surface area contributed by atoms with Crippen LogP contribution in [0.2, 0.25) is 0 Å². The summed E-state index contributed by atoms with van der Waals surface area (Å²) < 4.78 is 5.41. The zero-order valence-corrected chi connectivity index (χ0v) is 13.9. The van der Waals surface area contributed by atoms with E-state index in [1.165, 1.54) is 13.1 Å². The summed E-state index contributed by atoms with van der Waals surface area (Å²) in [6, 6.07) is 13.5. The predicted octanol–water partition coefficient (Wildman–Crippen LogP) is 1.19. The summed E-state index contributed by atoms with van der Waals surface area (Å²) in [5.41, 5.74) is 0.399. The molecule has 0 radical (unpaired) electrons. The van der Waals surface area contributed by atoms with Crippen molar-refractivity contribution in [2.75, 3.05) is 12.4 Å². The normalized spacial score (nSPS) is 10.5. The fraction of sp³-hybridized carbons (Fsp3) is 0.111. The maximum Gasteiger partial charge on any atom is 0.313 e. The average molecular weight is 352 g/mol. The van der Waals surface area contributed by atoms with Gasteiger partial charge in [0.05, 0.1) is 6.54 Å². The van der Waals surface area contributed by atoms with Gasteiger partial charge in [-0.25, -0.2) is 0 Å². The summed E-state index contributed by atoms with van der Waals surface area (Å²) in [6.45, 7) is -0.0171. The van der Waals surface area contributed by atoms with Crippen molar-refractivity contribution in [3.05, 3.63) is 59.6 Å². The number of nitrogens with zero attached hydrogens (tertiary/aromatic N) is 1. The number of nitriles is 1. The highest BCUT2D eigenvalue weighted by molar-refractivity contribution is 6.39. The molecule has 2 aromatic rings. The molecule has 1 heterocycles. The van der Waals surface area contributed by atoms with Gasteiger partial charge in [-0.05, 0) is 24.3 Å². The first kappa shape index (κ1) is 18.5. The number of carbonyl (C=O) groups is 3. The first-order chi connectivity index (χ1) is 12.5. The van der Waals surface area contributed by atoms with Gasteiger partial charge in [-0.3, -0.25) is 14.4 Å². The summed E-state index contributed by atoms with van der Waals surface area (Å²) in [5, 5.41) is 16.2. The summed E-state index contributed by atoms with van der Waals surface area (Å²) in [5.74, 6) is -1.49. The van der Waals surface area contributed by atoms with Crippen LogP contribution in [-0.4, -0.2) is 24.8 Å². The molecule has 0 aliphatic rings. The van der Waals surface area contributed by atoms with Crippen molar-refractivity contribution < 1.29 is 18.8 Å². The Kier molecular flexibility index (Phi) is 6.28. The molecule has 0 saturated carbocycles. The molecule has 2 rings (SSSR count). The van der Waals surface area contributed by atoms with E-state index < -0.39 is 17.7 Å². The summed E-state index contributed by atoms with van der Waals surface area (Å²) >= 11 is 0. The van der Waals surface area contributed by atoms with Crippen LogP contribution < -0.4 is 16.0 Å². The first-order valence-electron chi connectivity index (χ1n) is 7.60. The lowest BCUT2D eigenvalue weighted by molar-refractivity contribution is -0.136. The van der Waals surface area contributed by atoms with E-state index in [4.69, 9.17) is 9.68 Å². The quantitative estimate of drug-likeness (QED) is 0.423. The third-order valence-corrected chi connectivity index (χ3v) is 3.22. The molecule has 8 nitrogen and oxygen atoms in total. The molecule has 0 aliphatic heterocycles. The lowest BCUT2D eigenvalue weighted by atomic mass is 10.2. The molecule has 1 aromatic carbocycles. The molecule has 132 valence electrons. The van der Waals surface area contributed by atoms with Crippen LogP contribution in [0.4, 0.5) is 5.69 Å². The average Bonchev–Trinajstić information content (AvgIpc) is 3.11. The minimum Gasteiger partial charge on any atom is -0.460 e. The van der Waals surface area contributed by atoms with Gasteiger partial charge in [0.2, 0.25) is 0 Å². The molecule has 3 N–H and O–H groups in total. The van der Waals surface area contributed by atoms with E-state index in [9.17, 15) is 14.4 Å². The van der Waals surface area contributed by atoms with Gasteiger partial charge >= 0.3 is 11.8 Å². The van der Waals surface area contributed by atoms with Gasteiger partial charge in [0.25, 0.3) is 5.91 Å². The summed E-state index contributed by atoms with van der Waals surface area (Å²) in [6.07, 6.45) is 1.28. The van der Waals surface area contributed by atoms with Crippen molar-refractivity contribution in [1.29, 1.82) is 5.26 Å². The van der Waals surface area contributed by atoms with Gasteiger partial charge in [-0.15, -0.1) is 0 Å². The van der Waals surface area contributed by atoms with Crippen LogP contribution in [0.1, 0.15) is 11.5 Å². The first-order valence-corrected chi connectivity index (χ1v) is 7.60. The molecule has 0 bridgehead atoms. The number of anilines is 1. The Bertz CT molecular complexity index is 878. The van der Waals surface area contributed by atoms with Crippen molar-refractivity contribution in [3.8, 4) is 6.07 Å². The minimum atomic E-state index is -0.814. The molecule has 3 amide bonds. The van der Waals surface area contributed by atoms with Gasteiger partial charge in [-0.2, -0.15) is 5.26 Å². The third kappa shape index (κ3) is 5.07. The molecule has 0 spiro atoms. The summed E-state index contributed by atoms with van der Waals surface area (Å²) in [7, 11) is 1.41. The van der Waals surface area contributed by atoms with Crippen LogP contribution in [0.5, 0.6) is 0 Å². The zero-order chi connectivity index (χ0) is 18.9. The van der Waals surface area contributed by atoms with E-state index in [1.807, 2.05) is 0 Å². The lowest BCUT2D eigenvalue weighted by Crippen LogP contribution is -2.34. The van der Waals surface area contributed by atoms with Crippen LogP contribution in [0.15, 0.2) is 52.5 Å². The molecule has 0 fully saturated rings. The number of rotatable bonds is 5. The van der Waals surface area contributed by atoms with E-state index >= 15 is 0 Å². The molecule has 1 aromatic heterocycles. The van der Waals surface area contributed by atoms with E-state index in [0.717, 1.165) is 0 Å². The Balaban J connectivity index is 1.92. The van der Waals surface area contributed by atoms with E-state index in [1.54, 1.807) is 48.5 Å². The number of hydrogen-bond donors (Lipinski definition) is 3. The topological polar surface area (TPSA) is 124 Å². The predicted molar refractivity (Wildman–Crippen MR) is 93.3 cm³/mol. The maximum atomic E-state index is 11.8. The van der Waals surface area contributed by atoms with Gasteiger partial charge in [-0.1, -0.05) is 18.2 Å². The Labute approximate surface area is 149 Å². The Morgan fingerprint density at radius 3 is 2.46 bits per heavy atom. The van der Waals surface area contributed by atoms with Gasteiger partial charge in [0.15, 0.2) is 0 Å². The SMILES string of the molecule is CNC(=O)/C(C#N)=C\c1ccc(CNC(=O)C(=O)Nc2ccccc2)o1. The molecule has 0 unspecified atom stereocenters. The van der Waals surface area contributed by atoms with Gasteiger partial charge in [0.1, 0.15) is 23.2 Å². The number of furan rings is 1. The van der Waals surface area contributed by atoms with Crippen LogP contribution in [0.25, 0.3) is 6.08 Å². The van der Waals surface area contributed by atoms with Crippen LogP contribution in [0.3, 0.4) is 0 Å².